The zero-order chi connectivity index (χ0) is 14.9. The summed E-state index contributed by atoms with van der Waals surface area (Å²) in [6.45, 7) is 1.49. The van der Waals surface area contributed by atoms with Crippen LogP contribution >= 0.6 is 23.2 Å². The van der Waals surface area contributed by atoms with Crippen LogP contribution in [0.1, 0.15) is 18.1 Å². The van der Waals surface area contributed by atoms with E-state index >= 15 is 0 Å². The lowest BCUT2D eigenvalue weighted by Gasteiger charge is -2.25. The average Bonchev–Trinajstić information content (AvgIpc) is 2.33. The normalized spacial score (nSPS) is 14.1. The van der Waals surface area contributed by atoms with Crippen LogP contribution in [0.5, 0.6) is 0 Å². The maximum absolute atomic E-state index is 13.5. The van der Waals surface area contributed by atoms with E-state index in [1.165, 1.54) is 25.1 Å². The molecule has 0 aromatic heterocycles. The zero-order valence-corrected chi connectivity index (χ0v) is 12.1. The van der Waals surface area contributed by atoms with E-state index in [1.807, 2.05) is 0 Å². The first-order chi connectivity index (χ1) is 9.29. The summed E-state index contributed by atoms with van der Waals surface area (Å²) in [4.78, 5) is 0. The molecule has 0 aliphatic carbocycles. The second-order valence-electron chi connectivity index (χ2n) is 4.83. The molecule has 0 bridgehead atoms. The van der Waals surface area contributed by atoms with Gasteiger partial charge >= 0.3 is 0 Å². The lowest BCUT2D eigenvalue weighted by Crippen LogP contribution is -2.25. The first kappa shape index (κ1) is 15.2. The monoisotopic (exact) mass is 316 g/mol. The number of hydrogen-bond donors (Lipinski definition) is 1. The molecule has 1 atom stereocenters. The van der Waals surface area contributed by atoms with Crippen molar-refractivity contribution in [2.75, 3.05) is 0 Å². The molecule has 1 nitrogen and oxygen atoms in total. The van der Waals surface area contributed by atoms with Gasteiger partial charge in [0.2, 0.25) is 0 Å². The van der Waals surface area contributed by atoms with Gasteiger partial charge in [0, 0.05) is 17.0 Å². The third-order valence-electron chi connectivity index (χ3n) is 3.03. The topological polar surface area (TPSA) is 20.2 Å². The molecule has 0 aliphatic heterocycles. The van der Waals surface area contributed by atoms with Gasteiger partial charge in [0.05, 0.1) is 10.6 Å². The van der Waals surface area contributed by atoms with Crippen LogP contribution in [0.25, 0.3) is 0 Å². The van der Waals surface area contributed by atoms with Crippen molar-refractivity contribution < 1.29 is 13.9 Å². The van der Waals surface area contributed by atoms with E-state index in [-0.39, 0.29) is 22.0 Å². The SMILES string of the molecule is CC(O)(Cc1cccc(F)c1)c1cc(F)c(Cl)cc1Cl. The predicted molar refractivity (Wildman–Crippen MR) is 76.1 cm³/mol. The molecule has 2 aromatic carbocycles. The fourth-order valence-corrected chi connectivity index (χ4v) is 2.66. The number of benzene rings is 2. The quantitative estimate of drug-likeness (QED) is 0.812. The second kappa shape index (κ2) is 5.68. The molecule has 0 amide bonds. The van der Waals surface area contributed by atoms with Gasteiger partial charge in [-0.15, -0.1) is 0 Å². The number of halogens is 4. The Morgan fingerprint density at radius 1 is 1.10 bits per heavy atom. The number of rotatable bonds is 3. The van der Waals surface area contributed by atoms with E-state index in [0.717, 1.165) is 6.07 Å². The van der Waals surface area contributed by atoms with E-state index in [4.69, 9.17) is 23.2 Å². The van der Waals surface area contributed by atoms with Gasteiger partial charge in [-0.1, -0.05) is 35.3 Å². The van der Waals surface area contributed by atoms with Crippen molar-refractivity contribution in [3.8, 4) is 0 Å². The van der Waals surface area contributed by atoms with E-state index in [9.17, 15) is 13.9 Å². The molecule has 1 unspecified atom stereocenters. The Morgan fingerprint density at radius 2 is 1.80 bits per heavy atom. The van der Waals surface area contributed by atoms with Gasteiger partial charge in [0.25, 0.3) is 0 Å². The first-order valence-electron chi connectivity index (χ1n) is 5.91. The molecule has 2 rings (SSSR count). The van der Waals surface area contributed by atoms with Crippen molar-refractivity contribution in [1.82, 2.24) is 0 Å². The van der Waals surface area contributed by atoms with Gasteiger partial charge in [-0.2, -0.15) is 0 Å². The molecule has 0 saturated carbocycles. The van der Waals surface area contributed by atoms with Crippen LogP contribution < -0.4 is 0 Å². The molecule has 0 aliphatic rings. The third-order valence-corrected chi connectivity index (χ3v) is 3.63. The fraction of sp³-hybridized carbons (Fsp3) is 0.200. The van der Waals surface area contributed by atoms with Crippen LogP contribution in [0.4, 0.5) is 8.78 Å². The standard InChI is InChI=1S/C15H12Cl2F2O/c1-15(20,8-9-3-2-4-10(18)5-9)11-6-14(19)13(17)7-12(11)16/h2-7,20H,8H2,1H3. The van der Waals surface area contributed by atoms with Crippen molar-refractivity contribution in [3.05, 3.63) is 69.2 Å². The largest absolute Gasteiger partial charge is 0.385 e. The zero-order valence-electron chi connectivity index (χ0n) is 10.6. The van der Waals surface area contributed by atoms with Crippen molar-refractivity contribution in [1.29, 1.82) is 0 Å². The lowest BCUT2D eigenvalue weighted by molar-refractivity contribution is 0.0573. The summed E-state index contributed by atoms with van der Waals surface area (Å²) >= 11 is 11.6. The van der Waals surface area contributed by atoms with Gasteiger partial charge in [0.15, 0.2) is 0 Å². The van der Waals surface area contributed by atoms with Gasteiger partial charge in [-0.25, -0.2) is 8.78 Å². The fourth-order valence-electron chi connectivity index (χ4n) is 2.07. The maximum Gasteiger partial charge on any atom is 0.142 e. The van der Waals surface area contributed by atoms with Crippen molar-refractivity contribution >= 4 is 23.2 Å². The van der Waals surface area contributed by atoms with Crippen LogP contribution in [0.2, 0.25) is 10.0 Å². The number of hydrogen-bond acceptors (Lipinski definition) is 1. The highest BCUT2D eigenvalue weighted by atomic mass is 35.5. The molecular weight excluding hydrogens is 305 g/mol. The van der Waals surface area contributed by atoms with Crippen LogP contribution in [0, 0.1) is 11.6 Å². The minimum Gasteiger partial charge on any atom is -0.385 e. The van der Waals surface area contributed by atoms with E-state index in [1.54, 1.807) is 12.1 Å². The molecule has 1 N–H and O–H groups in total. The molecule has 0 saturated heterocycles. The Hall–Kier alpha value is -1.16. The van der Waals surface area contributed by atoms with Crippen molar-refractivity contribution in [3.63, 3.8) is 0 Å². The predicted octanol–water partition coefficient (Wildman–Crippen LogP) is 4.72. The minimum atomic E-state index is -1.43. The maximum atomic E-state index is 13.5. The summed E-state index contributed by atoms with van der Waals surface area (Å²) in [6.07, 6.45) is 0.103. The second-order valence-corrected chi connectivity index (χ2v) is 5.64. The Bertz CT molecular complexity index is 642. The molecule has 0 heterocycles. The smallest absolute Gasteiger partial charge is 0.142 e. The van der Waals surface area contributed by atoms with Gasteiger partial charge in [-0.05, 0) is 36.8 Å². The summed E-state index contributed by atoms with van der Waals surface area (Å²) in [6, 6.07) is 8.20. The average molecular weight is 317 g/mol. The molecule has 106 valence electrons. The van der Waals surface area contributed by atoms with Crippen LogP contribution in [-0.4, -0.2) is 5.11 Å². The van der Waals surface area contributed by atoms with Gasteiger partial charge in [0.1, 0.15) is 11.6 Å². The van der Waals surface area contributed by atoms with Crippen LogP contribution in [0.15, 0.2) is 36.4 Å². The van der Waals surface area contributed by atoms with E-state index in [2.05, 4.69) is 0 Å². The first-order valence-corrected chi connectivity index (χ1v) is 6.67. The number of aliphatic hydroxyl groups is 1. The molecule has 0 radical (unpaired) electrons. The summed E-state index contributed by atoms with van der Waals surface area (Å²) in [7, 11) is 0. The van der Waals surface area contributed by atoms with E-state index in [0.29, 0.717) is 5.56 Å². The molecule has 0 spiro atoms. The third kappa shape index (κ3) is 3.29. The Labute approximate surface area is 125 Å². The molecule has 2 aromatic rings. The van der Waals surface area contributed by atoms with Crippen molar-refractivity contribution in [2.24, 2.45) is 0 Å². The van der Waals surface area contributed by atoms with Crippen LogP contribution in [0.3, 0.4) is 0 Å². The highest BCUT2D eigenvalue weighted by Crippen LogP contribution is 2.34. The highest BCUT2D eigenvalue weighted by molar-refractivity contribution is 6.35. The van der Waals surface area contributed by atoms with Crippen molar-refractivity contribution in [2.45, 2.75) is 18.9 Å². The Kier molecular flexibility index (Phi) is 4.33. The van der Waals surface area contributed by atoms with Gasteiger partial charge in [-0.3, -0.25) is 0 Å². The molecule has 20 heavy (non-hydrogen) atoms. The summed E-state index contributed by atoms with van der Waals surface area (Å²) in [5, 5.41) is 10.6. The summed E-state index contributed by atoms with van der Waals surface area (Å²) in [5.74, 6) is -1.06. The summed E-state index contributed by atoms with van der Waals surface area (Å²) < 4.78 is 26.7. The Balaban J connectivity index is 2.37. The molecule has 5 heteroatoms. The summed E-state index contributed by atoms with van der Waals surface area (Å²) in [5.41, 5.74) is -0.636. The van der Waals surface area contributed by atoms with Gasteiger partial charge < -0.3 is 5.11 Å². The minimum absolute atomic E-state index is 0.103. The Morgan fingerprint density at radius 3 is 2.45 bits per heavy atom. The lowest BCUT2D eigenvalue weighted by atomic mass is 9.89. The van der Waals surface area contributed by atoms with Crippen LogP contribution in [-0.2, 0) is 12.0 Å². The molecular formula is C15H12Cl2F2O. The highest BCUT2D eigenvalue weighted by Gasteiger charge is 2.27. The van der Waals surface area contributed by atoms with E-state index < -0.39 is 17.2 Å². The molecule has 0 fully saturated rings.